The summed E-state index contributed by atoms with van der Waals surface area (Å²) >= 11 is 0. The maximum atomic E-state index is 11.7. The fourth-order valence-electron chi connectivity index (χ4n) is 1.42. The number of amides is 1. The van der Waals surface area contributed by atoms with Crippen LogP contribution < -0.4 is 5.32 Å². The zero-order valence-corrected chi connectivity index (χ0v) is 10.6. The highest BCUT2D eigenvalue weighted by Crippen LogP contribution is 2.21. The monoisotopic (exact) mass is 248 g/mol. The van der Waals surface area contributed by atoms with Crippen LogP contribution in [0.2, 0.25) is 0 Å². The molecule has 0 unspecified atom stereocenters. The molecule has 1 amide bonds. The normalized spacial score (nSPS) is 11.5. The van der Waals surface area contributed by atoms with Crippen molar-refractivity contribution in [1.82, 2.24) is 25.2 Å². The highest BCUT2D eigenvalue weighted by atomic mass is 16.2. The van der Waals surface area contributed by atoms with Crippen molar-refractivity contribution in [3.8, 4) is 0 Å². The molecule has 2 aromatic heterocycles. The molecule has 2 N–H and O–H groups in total. The summed E-state index contributed by atoms with van der Waals surface area (Å²) in [5.41, 5.74) is 0.945. The van der Waals surface area contributed by atoms with Gasteiger partial charge < -0.3 is 5.32 Å². The molecule has 0 aromatic carbocycles. The van der Waals surface area contributed by atoms with E-state index in [-0.39, 0.29) is 17.9 Å². The Morgan fingerprint density at radius 1 is 1.50 bits per heavy atom. The summed E-state index contributed by atoms with van der Waals surface area (Å²) in [5, 5.41) is 17.0. The molecule has 0 saturated heterocycles. The summed E-state index contributed by atoms with van der Waals surface area (Å²) in [6.45, 7) is 6.34. The third-order valence-corrected chi connectivity index (χ3v) is 2.43. The Hall–Kier alpha value is -2.18. The molecular formula is C11H16N6O. The number of nitrogens with one attached hydrogen (secondary N) is 2. The fraction of sp³-hybridized carbons (Fsp3) is 0.455. The van der Waals surface area contributed by atoms with Crippen molar-refractivity contribution in [3.63, 3.8) is 0 Å². The first-order chi connectivity index (χ1) is 8.45. The Morgan fingerprint density at radius 2 is 2.28 bits per heavy atom. The minimum atomic E-state index is -0.188. The number of hydrogen-bond acceptors (Lipinski definition) is 4. The minimum absolute atomic E-state index is 0.0259. The Morgan fingerprint density at radius 3 is 2.83 bits per heavy atom. The molecule has 7 heteroatoms. The van der Waals surface area contributed by atoms with Gasteiger partial charge in [0.1, 0.15) is 6.54 Å². The number of anilines is 1. The highest BCUT2D eigenvalue weighted by Gasteiger charge is 2.17. The summed E-state index contributed by atoms with van der Waals surface area (Å²) in [7, 11) is 0. The van der Waals surface area contributed by atoms with Crippen molar-refractivity contribution >= 4 is 11.7 Å². The van der Waals surface area contributed by atoms with Gasteiger partial charge in [0.25, 0.3) is 0 Å². The van der Waals surface area contributed by atoms with E-state index >= 15 is 0 Å². The molecule has 0 saturated carbocycles. The molecule has 2 rings (SSSR count). The van der Waals surface area contributed by atoms with Crippen molar-refractivity contribution in [2.45, 2.75) is 32.7 Å². The van der Waals surface area contributed by atoms with E-state index in [9.17, 15) is 4.79 Å². The molecule has 18 heavy (non-hydrogen) atoms. The van der Waals surface area contributed by atoms with Crippen LogP contribution in [0, 0.1) is 0 Å². The third-order valence-electron chi connectivity index (χ3n) is 2.43. The van der Waals surface area contributed by atoms with Crippen molar-refractivity contribution in [2.75, 3.05) is 5.32 Å². The molecule has 0 radical (unpaired) electrons. The summed E-state index contributed by atoms with van der Waals surface area (Å²) in [5.74, 6) is 0.331. The molecule has 0 aliphatic heterocycles. The molecule has 2 aromatic rings. The van der Waals surface area contributed by atoms with Gasteiger partial charge in [-0.15, -0.1) is 5.10 Å². The van der Waals surface area contributed by atoms with Crippen LogP contribution in [0.3, 0.4) is 0 Å². The van der Waals surface area contributed by atoms with Gasteiger partial charge in [-0.2, -0.15) is 5.10 Å². The predicted octanol–water partition coefficient (Wildman–Crippen LogP) is 0.937. The van der Waals surface area contributed by atoms with Crippen LogP contribution in [0.5, 0.6) is 0 Å². The van der Waals surface area contributed by atoms with Crippen LogP contribution in [0.4, 0.5) is 5.82 Å². The SMILES string of the molecule is CC(C)(C)c1cc(NC(=O)Cn2ccnn2)n[nH]1. The molecule has 96 valence electrons. The van der Waals surface area contributed by atoms with Gasteiger partial charge in [-0.25, -0.2) is 4.68 Å². The van der Waals surface area contributed by atoms with Crippen LogP contribution in [0.15, 0.2) is 18.5 Å². The molecule has 0 aliphatic carbocycles. The zero-order valence-electron chi connectivity index (χ0n) is 10.6. The maximum Gasteiger partial charge on any atom is 0.247 e. The molecular weight excluding hydrogens is 232 g/mol. The van der Waals surface area contributed by atoms with E-state index in [1.807, 2.05) is 6.07 Å². The summed E-state index contributed by atoms with van der Waals surface area (Å²) in [6, 6.07) is 1.83. The second-order valence-electron chi connectivity index (χ2n) is 5.07. The summed E-state index contributed by atoms with van der Waals surface area (Å²) < 4.78 is 1.45. The van der Waals surface area contributed by atoms with Crippen LogP contribution in [0.1, 0.15) is 26.5 Å². The Labute approximate surface area is 105 Å². The number of aromatic amines is 1. The first-order valence-corrected chi connectivity index (χ1v) is 5.65. The first kappa shape index (κ1) is 12.3. The predicted molar refractivity (Wildman–Crippen MR) is 65.9 cm³/mol. The van der Waals surface area contributed by atoms with E-state index in [0.29, 0.717) is 5.82 Å². The van der Waals surface area contributed by atoms with Crippen molar-refractivity contribution in [2.24, 2.45) is 0 Å². The van der Waals surface area contributed by atoms with Crippen LogP contribution in [-0.4, -0.2) is 31.1 Å². The first-order valence-electron chi connectivity index (χ1n) is 5.65. The smallest absolute Gasteiger partial charge is 0.247 e. The molecule has 0 spiro atoms. The Balaban J connectivity index is 1.97. The molecule has 0 atom stereocenters. The lowest BCUT2D eigenvalue weighted by atomic mass is 9.92. The molecule has 0 bridgehead atoms. The van der Waals surface area contributed by atoms with Gasteiger partial charge in [0.05, 0.1) is 6.20 Å². The van der Waals surface area contributed by atoms with Crippen LogP contribution >= 0.6 is 0 Å². The van der Waals surface area contributed by atoms with Gasteiger partial charge in [0.15, 0.2) is 5.82 Å². The third kappa shape index (κ3) is 2.93. The van der Waals surface area contributed by atoms with Crippen LogP contribution in [-0.2, 0) is 16.8 Å². The lowest BCUT2D eigenvalue weighted by Crippen LogP contribution is -2.19. The van der Waals surface area contributed by atoms with Crippen molar-refractivity contribution in [3.05, 3.63) is 24.2 Å². The van der Waals surface area contributed by atoms with E-state index in [1.54, 1.807) is 6.20 Å². The van der Waals surface area contributed by atoms with E-state index in [0.717, 1.165) is 5.69 Å². The lowest BCUT2D eigenvalue weighted by Gasteiger charge is -2.14. The second-order valence-corrected chi connectivity index (χ2v) is 5.07. The summed E-state index contributed by atoms with van der Waals surface area (Å²) in [6.07, 6.45) is 3.16. The van der Waals surface area contributed by atoms with Gasteiger partial charge in [-0.05, 0) is 0 Å². The molecule has 0 fully saturated rings. The topological polar surface area (TPSA) is 88.5 Å². The second kappa shape index (κ2) is 4.59. The van der Waals surface area contributed by atoms with E-state index in [1.165, 1.54) is 10.9 Å². The largest absolute Gasteiger partial charge is 0.308 e. The number of nitrogens with zero attached hydrogens (tertiary/aromatic N) is 4. The van der Waals surface area contributed by atoms with Gasteiger partial charge in [-0.3, -0.25) is 9.89 Å². The standard InChI is InChI=1S/C11H16N6O/c1-11(2,3)8-6-9(15-14-8)13-10(18)7-17-5-4-12-16-17/h4-6H,7H2,1-3H3,(H2,13,14,15,18). The van der Waals surface area contributed by atoms with Gasteiger partial charge in [0, 0.05) is 23.4 Å². The van der Waals surface area contributed by atoms with E-state index in [2.05, 4.69) is 46.6 Å². The molecule has 7 nitrogen and oxygen atoms in total. The van der Waals surface area contributed by atoms with Crippen molar-refractivity contribution < 1.29 is 4.79 Å². The Bertz CT molecular complexity index is 522. The average molecular weight is 248 g/mol. The van der Waals surface area contributed by atoms with Crippen molar-refractivity contribution in [1.29, 1.82) is 0 Å². The van der Waals surface area contributed by atoms with Gasteiger partial charge >= 0.3 is 0 Å². The lowest BCUT2D eigenvalue weighted by molar-refractivity contribution is -0.116. The summed E-state index contributed by atoms with van der Waals surface area (Å²) in [4.78, 5) is 11.7. The quantitative estimate of drug-likeness (QED) is 0.846. The number of hydrogen-bond donors (Lipinski definition) is 2. The van der Waals surface area contributed by atoms with Gasteiger partial charge in [-0.1, -0.05) is 26.0 Å². The molecule has 0 aliphatic rings. The number of aromatic nitrogens is 5. The van der Waals surface area contributed by atoms with Gasteiger partial charge in [0.2, 0.25) is 5.91 Å². The fourth-order valence-corrected chi connectivity index (χ4v) is 1.42. The number of carbonyl (C=O) groups is 1. The number of H-pyrrole nitrogens is 1. The number of rotatable bonds is 3. The van der Waals surface area contributed by atoms with Crippen LogP contribution in [0.25, 0.3) is 0 Å². The number of carbonyl (C=O) groups excluding carboxylic acids is 1. The minimum Gasteiger partial charge on any atom is -0.308 e. The van der Waals surface area contributed by atoms with E-state index in [4.69, 9.17) is 0 Å². The average Bonchev–Trinajstić information content (AvgIpc) is 2.87. The Kier molecular flexibility index (Phi) is 3.14. The highest BCUT2D eigenvalue weighted by molar-refractivity contribution is 5.89. The van der Waals surface area contributed by atoms with E-state index < -0.39 is 0 Å². The maximum absolute atomic E-state index is 11.7. The zero-order chi connectivity index (χ0) is 13.2. The molecule has 2 heterocycles.